The van der Waals surface area contributed by atoms with Gasteiger partial charge in [0, 0.05) is 17.9 Å². The maximum absolute atomic E-state index is 11.9. The molecule has 0 bridgehead atoms. The summed E-state index contributed by atoms with van der Waals surface area (Å²) in [6.45, 7) is 2.12. The number of aromatic nitrogens is 2. The highest BCUT2D eigenvalue weighted by molar-refractivity contribution is 7.38. The number of rotatable bonds is 2. The number of carbonyl (C=O) groups is 1. The number of amides is 1. The summed E-state index contributed by atoms with van der Waals surface area (Å²) in [5.41, 5.74) is 0.344. The van der Waals surface area contributed by atoms with Crippen LogP contribution in [0.1, 0.15) is 30.3 Å². The molecule has 2 rings (SSSR count). The van der Waals surface area contributed by atoms with Gasteiger partial charge < -0.3 is 5.32 Å². The van der Waals surface area contributed by atoms with Crippen LogP contribution in [0.2, 0.25) is 0 Å². The molecule has 0 atom stereocenters. The topological polar surface area (TPSA) is 54.9 Å². The second-order valence-corrected chi connectivity index (χ2v) is 5.86. The zero-order chi connectivity index (χ0) is 11.4. The molecule has 1 saturated heterocycles. The van der Waals surface area contributed by atoms with Crippen LogP contribution in [0.15, 0.2) is 18.6 Å². The summed E-state index contributed by atoms with van der Waals surface area (Å²) in [6, 6.07) is 0. The monoisotopic (exact) mass is 237 g/mol. The number of nitrogens with zero attached hydrogens (tertiary/aromatic N) is 2. The molecule has 1 amide bonds. The van der Waals surface area contributed by atoms with Crippen molar-refractivity contribution < 1.29 is 4.79 Å². The third-order valence-corrected chi connectivity index (χ3v) is 4.13. The average molecular weight is 237 g/mol. The lowest BCUT2D eigenvalue weighted by atomic mass is 9.94. The van der Waals surface area contributed by atoms with Gasteiger partial charge in [-0.25, -0.2) is 4.98 Å². The molecule has 1 N–H and O–H groups in total. The minimum absolute atomic E-state index is 0.0557. The van der Waals surface area contributed by atoms with Crippen LogP contribution in [-0.2, 0) is 0 Å². The fourth-order valence-electron chi connectivity index (χ4n) is 1.86. The quantitative estimate of drug-likeness (QED) is 0.792. The van der Waals surface area contributed by atoms with E-state index in [2.05, 4.69) is 22.2 Å². The van der Waals surface area contributed by atoms with Gasteiger partial charge in [0.25, 0.3) is 5.91 Å². The molecular weight excluding hydrogens is 221 g/mol. The lowest BCUT2D eigenvalue weighted by Gasteiger charge is -2.34. The normalized spacial score (nSPS) is 26.6. The largest absolute Gasteiger partial charge is 0.345 e. The SMILES string of the molecule is CC1(NC(=O)c2cnccn2)CCPCC1. The van der Waals surface area contributed by atoms with Crippen LogP contribution in [0.4, 0.5) is 0 Å². The van der Waals surface area contributed by atoms with E-state index >= 15 is 0 Å². The molecule has 1 aliphatic heterocycles. The van der Waals surface area contributed by atoms with E-state index in [-0.39, 0.29) is 11.4 Å². The van der Waals surface area contributed by atoms with Crippen molar-refractivity contribution in [3.8, 4) is 0 Å². The summed E-state index contributed by atoms with van der Waals surface area (Å²) in [4.78, 5) is 19.8. The molecule has 2 heterocycles. The van der Waals surface area contributed by atoms with Crippen molar-refractivity contribution >= 4 is 14.5 Å². The Bertz CT molecular complexity index is 363. The van der Waals surface area contributed by atoms with Crippen LogP contribution in [0.3, 0.4) is 0 Å². The Kier molecular flexibility index (Phi) is 3.49. The van der Waals surface area contributed by atoms with Crippen molar-refractivity contribution in [1.82, 2.24) is 15.3 Å². The highest BCUT2D eigenvalue weighted by Crippen LogP contribution is 2.30. The van der Waals surface area contributed by atoms with Crippen molar-refractivity contribution in [2.24, 2.45) is 0 Å². The molecule has 1 fully saturated rings. The van der Waals surface area contributed by atoms with Gasteiger partial charge in [0.1, 0.15) is 5.69 Å². The second kappa shape index (κ2) is 4.88. The maximum Gasteiger partial charge on any atom is 0.271 e. The fraction of sp³-hybridized carbons (Fsp3) is 0.545. The molecule has 0 unspecified atom stereocenters. The first kappa shape index (κ1) is 11.5. The Morgan fingerprint density at radius 2 is 2.19 bits per heavy atom. The Hall–Kier alpha value is -1.02. The van der Waals surface area contributed by atoms with Gasteiger partial charge in [0.15, 0.2) is 0 Å². The van der Waals surface area contributed by atoms with Gasteiger partial charge >= 0.3 is 0 Å². The fourth-order valence-corrected chi connectivity index (χ4v) is 3.57. The Balaban J connectivity index is 2.01. The van der Waals surface area contributed by atoms with Crippen LogP contribution in [0.5, 0.6) is 0 Å². The van der Waals surface area contributed by atoms with Crippen molar-refractivity contribution in [1.29, 1.82) is 0 Å². The number of carbonyl (C=O) groups excluding carboxylic acids is 1. The molecule has 0 spiro atoms. The van der Waals surface area contributed by atoms with Crippen molar-refractivity contribution in [3.63, 3.8) is 0 Å². The van der Waals surface area contributed by atoms with E-state index in [0.717, 1.165) is 21.4 Å². The molecule has 0 saturated carbocycles. The highest BCUT2D eigenvalue weighted by atomic mass is 31.1. The number of hydrogen-bond acceptors (Lipinski definition) is 3. The number of nitrogens with one attached hydrogen (secondary N) is 1. The predicted octanol–water partition coefficient (Wildman–Crippen LogP) is 1.44. The molecule has 0 aliphatic carbocycles. The third-order valence-electron chi connectivity index (χ3n) is 2.92. The van der Waals surface area contributed by atoms with Gasteiger partial charge in [0.2, 0.25) is 0 Å². The van der Waals surface area contributed by atoms with Crippen molar-refractivity contribution in [3.05, 3.63) is 24.3 Å². The van der Waals surface area contributed by atoms with E-state index in [0.29, 0.717) is 5.69 Å². The van der Waals surface area contributed by atoms with Crippen LogP contribution in [0, 0.1) is 0 Å². The minimum Gasteiger partial charge on any atom is -0.345 e. The summed E-state index contributed by atoms with van der Waals surface area (Å²) in [7, 11) is 1.05. The lowest BCUT2D eigenvalue weighted by Crippen LogP contribution is -2.48. The molecule has 4 nitrogen and oxygen atoms in total. The third kappa shape index (κ3) is 2.76. The molecule has 1 aliphatic rings. The standard InChI is InChI=1S/C11H16N3OP/c1-11(2-6-16-7-3-11)14-10(15)9-8-12-4-5-13-9/h4-5,8,16H,2-3,6-7H2,1H3,(H,14,15). The first-order valence-electron chi connectivity index (χ1n) is 5.49. The van der Waals surface area contributed by atoms with Gasteiger partial charge in [-0.05, 0) is 32.1 Å². The van der Waals surface area contributed by atoms with Gasteiger partial charge in [-0.1, -0.05) is 0 Å². The van der Waals surface area contributed by atoms with Crippen LogP contribution < -0.4 is 5.32 Å². The molecule has 16 heavy (non-hydrogen) atoms. The van der Waals surface area contributed by atoms with E-state index in [4.69, 9.17) is 0 Å². The average Bonchev–Trinajstić information content (AvgIpc) is 2.30. The highest BCUT2D eigenvalue weighted by Gasteiger charge is 2.28. The van der Waals surface area contributed by atoms with E-state index in [1.807, 2.05) is 0 Å². The van der Waals surface area contributed by atoms with Gasteiger partial charge in [0.05, 0.1) is 6.20 Å². The molecule has 5 heteroatoms. The first-order chi connectivity index (χ1) is 7.70. The van der Waals surface area contributed by atoms with E-state index in [1.165, 1.54) is 18.5 Å². The molecule has 0 radical (unpaired) electrons. The van der Waals surface area contributed by atoms with Crippen LogP contribution >= 0.6 is 8.58 Å². The van der Waals surface area contributed by atoms with E-state index in [9.17, 15) is 4.79 Å². The Morgan fingerprint density at radius 3 is 2.81 bits per heavy atom. The van der Waals surface area contributed by atoms with Crippen LogP contribution in [0.25, 0.3) is 0 Å². The second-order valence-electron chi connectivity index (χ2n) is 4.36. The maximum atomic E-state index is 11.9. The predicted molar refractivity (Wildman–Crippen MR) is 65.2 cm³/mol. The van der Waals surface area contributed by atoms with E-state index < -0.39 is 0 Å². The molecule has 1 aromatic heterocycles. The summed E-state index contributed by atoms with van der Waals surface area (Å²) < 4.78 is 0. The van der Waals surface area contributed by atoms with Gasteiger partial charge in [-0.15, -0.1) is 8.58 Å². The molecule has 86 valence electrons. The zero-order valence-corrected chi connectivity index (χ0v) is 10.4. The van der Waals surface area contributed by atoms with Gasteiger partial charge in [-0.2, -0.15) is 0 Å². The van der Waals surface area contributed by atoms with Crippen molar-refractivity contribution in [2.45, 2.75) is 25.3 Å². The summed E-state index contributed by atoms with van der Waals surface area (Å²) >= 11 is 0. The lowest BCUT2D eigenvalue weighted by molar-refractivity contribution is 0.0895. The minimum atomic E-state index is -0.110. The van der Waals surface area contributed by atoms with E-state index in [1.54, 1.807) is 12.4 Å². The molecular formula is C11H16N3OP. The Morgan fingerprint density at radius 1 is 1.44 bits per heavy atom. The smallest absolute Gasteiger partial charge is 0.271 e. The first-order valence-corrected chi connectivity index (χ1v) is 6.90. The summed E-state index contributed by atoms with van der Waals surface area (Å²) in [6.07, 6.45) is 9.19. The van der Waals surface area contributed by atoms with Crippen LogP contribution in [-0.4, -0.2) is 33.7 Å². The molecule has 0 aromatic carbocycles. The number of hydrogen-bond donors (Lipinski definition) is 1. The van der Waals surface area contributed by atoms with Gasteiger partial charge in [-0.3, -0.25) is 9.78 Å². The summed E-state index contributed by atoms with van der Waals surface area (Å²) in [5, 5.41) is 3.07. The molecule has 1 aromatic rings. The summed E-state index contributed by atoms with van der Waals surface area (Å²) in [5.74, 6) is -0.110. The zero-order valence-electron chi connectivity index (χ0n) is 9.36. The van der Waals surface area contributed by atoms with Crippen molar-refractivity contribution in [2.75, 3.05) is 12.3 Å². The Labute approximate surface area is 97.0 Å².